The number of amides is 2. The molecule has 2 N–H and O–H groups in total. The Morgan fingerprint density at radius 3 is 2.65 bits per heavy atom. The number of ether oxygens (including phenoxy) is 1. The molecule has 1 aromatic carbocycles. The van der Waals surface area contributed by atoms with Crippen LogP contribution < -0.4 is 10.6 Å². The Hall–Kier alpha value is -2.18. The highest BCUT2D eigenvalue weighted by Gasteiger charge is 2.09. The molecule has 0 aliphatic rings. The lowest BCUT2D eigenvalue weighted by Gasteiger charge is -2.06. The molecule has 0 bridgehead atoms. The van der Waals surface area contributed by atoms with Crippen molar-refractivity contribution in [2.45, 2.75) is 0 Å². The highest BCUT2D eigenvalue weighted by Crippen LogP contribution is 2.14. The molecule has 0 atom stereocenters. The number of benzene rings is 1. The molecule has 0 aromatic heterocycles. The summed E-state index contributed by atoms with van der Waals surface area (Å²) in [4.78, 5) is 21.9. The molecule has 5 nitrogen and oxygen atoms in total. The van der Waals surface area contributed by atoms with Crippen molar-refractivity contribution in [3.8, 4) is 0 Å². The summed E-state index contributed by atoms with van der Waals surface area (Å²) in [5.41, 5.74) is -0.164. The summed E-state index contributed by atoms with van der Waals surface area (Å²) in [6.45, 7) is -0.372. The maximum absolute atomic E-state index is 13.1. The third kappa shape index (κ3) is 4.06. The zero-order chi connectivity index (χ0) is 12.8. The second-order valence-electron chi connectivity index (χ2n) is 3.02. The summed E-state index contributed by atoms with van der Waals surface area (Å²) >= 11 is 0. The van der Waals surface area contributed by atoms with Crippen LogP contribution in [0.2, 0.25) is 0 Å². The number of carbonyl (C=O) groups is 2. The van der Waals surface area contributed by atoms with E-state index in [2.05, 4.69) is 15.4 Å². The van der Waals surface area contributed by atoms with Crippen LogP contribution in [0.1, 0.15) is 0 Å². The lowest BCUT2D eigenvalue weighted by Crippen LogP contribution is -2.32. The quantitative estimate of drug-likeness (QED) is 0.841. The van der Waals surface area contributed by atoms with Crippen molar-refractivity contribution in [1.82, 2.24) is 5.32 Å². The summed E-state index contributed by atoms with van der Waals surface area (Å²) in [6, 6.07) is 2.73. The van der Waals surface area contributed by atoms with Gasteiger partial charge in [-0.1, -0.05) is 0 Å². The first kappa shape index (κ1) is 12.9. The van der Waals surface area contributed by atoms with Crippen molar-refractivity contribution >= 4 is 17.7 Å². The lowest BCUT2D eigenvalue weighted by molar-refractivity contribution is -0.115. The molecule has 0 unspecified atom stereocenters. The van der Waals surface area contributed by atoms with Gasteiger partial charge in [0.1, 0.15) is 18.2 Å². The van der Waals surface area contributed by atoms with Crippen LogP contribution in [0.5, 0.6) is 0 Å². The van der Waals surface area contributed by atoms with Crippen molar-refractivity contribution in [1.29, 1.82) is 0 Å². The van der Waals surface area contributed by atoms with Gasteiger partial charge < -0.3 is 15.4 Å². The fraction of sp³-hybridized carbons (Fsp3) is 0.200. The summed E-state index contributed by atoms with van der Waals surface area (Å²) in [6.07, 6.45) is -0.778. The Kier molecular flexibility index (Phi) is 4.38. The fourth-order valence-electron chi connectivity index (χ4n) is 1.01. The number of nitrogens with one attached hydrogen (secondary N) is 2. The molecule has 2 amide bonds. The van der Waals surface area contributed by atoms with Crippen LogP contribution in [0.4, 0.5) is 19.3 Å². The smallest absolute Gasteiger partial charge is 0.407 e. The minimum Gasteiger partial charge on any atom is -0.453 e. The van der Waals surface area contributed by atoms with Gasteiger partial charge in [0, 0.05) is 6.07 Å². The highest BCUT2D eigenvalue weighted by atomic mass is 19.1. The van der Waals surface area contributed by atoms with Gasteiger partial charge in [0.05, 0.1) is 12.8 Å². The van der Waals surface area contributed by atoms with E-state index in [9.17, 15) is 18.4 Å². The highest BCUT2D eigenvalue weighted by molar-refractivity contribution is 5.93. The SMILES string of the molecule is COC(=O)NCC(=O)Nc1ccc(F)cc1F. The first-order valence-electron chi connectivity index (χ1n) is 4.59. The maximum atomic E-state index is 13.1. The van der Waals surface area contributed by atoms with E-state index in [1.54, 1.807) is 0 Å². The molecule has 0 heterocycles. The molecular formula is C10H10F2N2O3. The summed E-state index contributed by atoms with van der Waals surface area (Å²) in [5, 5.41) is 4.28. The minimum atomic E-state index is -0.892. The molecule has 0 saturated heterocycles. The number of carbonyl (C=O) groups excluding carboxylic acids is 2. The number of halogens is 2. The number of anilines is 1. The molecule has 92 valence electrons. The van der Waals surface area contributed by atoms with Gasteiger partial charge in [-0.05, 0) is 12.1 Å². The number of alkyl carbamates (subject to hydrolysis) is 1. The van der Waals surface area contributed by atoms with E-state index in [1.807, 2.05) is 0 Å². The number of rotatable bonds is 3. The van der Waals surface area contributed by atoms with Crippen LogP contribution in [0.3, 0.4) is 0 Å². The molecule has 1 rings (SSSR count). The molecule has 1 aromatic rings. The minimum absolute atomic E-state index is 0.164. The fourth-order valence-corrected chi connectivity index (χ4v) is 1.01. The molecule has 7 heteroatoms. The molecule has 0 radical (unpaired) electrons. The van der Waals surface area contributed by atoms with Crippen LogP contribution in [-0.2, 0) is 9.53 Å². The third-order valence-corrected chi connectivity index (χ3v) is 1.78. The Balaban J connectivity index is 2.53. The third-order valence-electron chi connectivity index (χ3n) is 1.78. The molecule has 0 aliphatic heterocycles. The van der Waals surface area contributed by atoms with Crippen molar-refractivity contribution in [2.24, 2.45) is 0 Å². The first-order chi connectivity index (χ1) is 8.02. The van der Waals surface area contributed by atoms with Crippen LogP contribution >= 0.6 is 0 Å². The van der Waals surface area contributed by atoms with Gasteiger partial charge in [0.15, 0.2) is 0 Å². The molecule has 0 saturated carbocycles. The predicted octanol–water partition coefficient (Wildman–Crippen LogP) is 1.26. The van der Waals surface area contributed by atoms with E-state index in [4.69, 9.17) is 0 Å². The molecule has 0 spiro atoms. The largest absolute Gasteiger partial charge is 0.453 e. The van der Waals surface area contributed by atoms with Crippen LogP contribution in [0, 0.1) is 11.6 Å². The first-order valence-corrected chi connectivity index (χ1v) is 4.59. The normalized spacial score (nSPS) is 9.59. The molecule has 0 fully saturated rings. The molecular weight excluding hydrogens is 234 g/mol. The Bertz CT molecular complexity index is 438. The Labute approximate surface area is 95.8 Å². The van der Waals surface area contributed by atoms with Crippen molar-refractivity contribution < 1.29 is 23.1 Å². The van der Waals surface area contributed by atoms with Gasteiger partial charge in [-0.15, -0.1) is 0 Å². The van der Waals surface area contributed by atoms with E-state index in [1.165, 1.54) is 0 Å². The van der Waals surface area contributed by atoms with Gasteiger partial charge in [0.25, 0.3) is 0 Å². The van der Waals surface area contributed by atoms with Gasteiger partial charge >= 0.3 is 6.09 Å². The van der Waals surface area contributed by atoms with Gasteiger partial charge in [-0.3, -0.25) is 4.79 Å². The predicted molar refractivity (Wildman–Crippen MR) is 55.4 cm³/mol. The van der Waals surface area contributed by atoms with Crippen molar-refractivity contribution in [2.75, 3.05) is 19.0 Å². The topological polar surface area (TPSA) is 67.4 Å². The maximum Gasteiger partial charge on any atom is 0.407 e. The summed E-state index contributed by atoms with van der Waals surface area (Å²) < 4.78 is 29.9. The second-order valence-corrected chi connectivity index (χ2v) is 3.02. The number of methoxy groups -OCH3 is 1. The van der Waals surface area contributed by atoms with Crippen molar-refractivity contribution in [3.05, 3.63) is 29.8 Å². The molecule has 0 aliphatic carbocycles. The zero-order valence-corrected chi connectivity index (χ0v) is 8.92. The van der Waals surface area contributed by atoms with Gasteiger partial charge in [-0.2, -0.15) is 0 Å². The van der Waals surface area contributed by atoms with E-state index in [0.717, 1.165) is 19.2 Å². The van der Waals surface area contributed by atoms with E-state index >= 15 is 0 Å². The summed E-state index contributed by atoms with van der Waals surface area (Å²) in [5.74, 6) is -2.29. The second kappa shape index (κ2) is 5.78. The number of hydrogen-bond acceptors (Lipinski definition) is 3. The van der Waals surface area contributed by atoms with E-state index < -0.39 is 23.6 Å². The van der Waals surface area contributed by atoms with Crippen LogP contribution in [0.25, 0.3) is 0 Å². The van der Waals surface area contributed by atoms with E-state index in [-0.39, 0.29) is 12.2 Å². The average molecular weight is 244 g/mol. The van der Waals surface area contributed by atoms with Gasteiger partial charge in [-0.25, -0.2) is 13.6 Å². The lowest BCUT2D eigenvalue weighted by atomic mass is 10.3. The van der Waals surface area contributed by atoms with Crippen LogP contribution in [-0.4, -0.2) is 25.7 Å². The summed E-state index contributed by atoms with van der Waals surface area (Å²) in [7, 11) is 1.15. The van der Waals surface area contributed by atoms with Gasteiger partial charge in [0.2, 0.25) is 5.91 Å². The zero-order valence-electron chi connectivity index (χ0n) is 8.92. The van der Waals surface area contributed by atoms with Crippen molar-refractivity contribution in [3.63, 3.8) is 0 Å². The van der Waals surface area contributed by atoms with E-state index in [0.29, 0.717) is 6.07 Å². The number of hydrogen-bond donors (Lipinski definition) is 2. The molecule has 17 heavy (non-hydrogen) atoms. The average Bonchev–Trinajstić information content (AvgIpc) is 2.29. The Morgan fingerprint density at radius 2 is 2.06 bits per heavy atom. The Morgan fingerprint density at radius 1 is 1.35 bits per heavy atom. The monoisotopic (exact) mass is 244 g/mol. The van der Waals surface area contributed by atoms with Crippen LogP contribution in [0.15, 0.2) is 18.2 Å². The standard InChI is InChI=1S/C10H10F2N2O3/c1-17-10(16)13-5-9(15)14-8-3-2-6(11)4-7(8)12/h2-4H,5H2,1H3,(H,13,16)(H,14,15).